The van der Waals surface area contributed by atoms with Crippen LogP contribution < -0.4 is 16.0 Å². The quantitative estimate of drug-likeness (QED) is 0.755. The molecule has 1 saturated heterocycles. The summed E-state index contributed by atoms with van der Waals surface area (Å²) in [5.41, 5.74) is 9.30. The summed E-state index contributed by atoms with van der Waals surface area (Å²) in [7, 11) is 0. The number of nitrogens with zero attached hydrogens (tertiary/aromatic N) is 1. The maximum Gasteiger partial charge on any atom is 0.242 e. The van der Waals surface area contributed by atoms with Gasteiger partial charge in [-0.1, -0.05) is 6.07 Å². The molecule has 1 fully saturated rings. The zero-order valence-corrected chi connectivity index (χ0v) is 11.2. The Morgan fingerprint density at radius 2 is 2.16 bits per heavy atom. The Labute approximate surface area is 114 Å². The number of hydrogen-bond acceptors (Lipinski definition) is 3. The lowest BCUT2D eigenvalue weighted by atomic mass is 9.97. The molecule has 1 aromatic carbocycles. The van der Waals surface area contributed by atoms with E-state index in [9.17, 15) is 4.79 Å². The zero-order chi connectivity index (χ0) is 13.2. The van der Waals surface area contributed by atoms with Crippen molar-refractivity contribution in [3.05, 3.63) is 23.8 Å². The van der Waals surface area contributed by atoms with Crippen molar-refractivity contribution in [3.8, 4) is 0 Å². The number of fused-ring (bicyclic) bond motifs is 1. The van der Waals surface area contributed by atoms with Gasteiger partial charge in [-0.15, -0.1) is 0 Å². The predicted molar refractivity (Wildman–Crippen MR) is 77.2 cm³/mol. The lowest BCUT2D eigenvalue weighted by molar-refractivity contribution is -0.122. The number of nitrogens with two attached hydrogens (primary N) is 1. The van der Waals surface area contributed by atoms with E-state index >= 15 is 0 Å². The van der Waals surface area contributed by atoms with Crippen LogP contribution in [0.2, 0.25) is 0 Å². The summed E-state index contributed by atoms with van der Waals surface area (Å²) in [6, 6.07) is 6.02. The Balaban J connectivity index is 1.94. The molecule has 0 radical (unpaired) electrons. The van der Waals surface area contributed by atoms with Gasteiger partial charge in [0, 0.05) is 24.5 Å². The van der Waals surface area contributed by atoms with Gasteiger partial charge in [0.1, 0.15) is 6.04 Å². The fourth-order valence-corrected chi connectivity index (χ4v) is 3.22. The molecule has 3 N–H and O–H groups in total. The van der Waals surface area contributed by atoms with Crippen LogP contribution in [-0.4, -0.2) is 25.0 Å². The lowest BCUT2D eigenvalue weighted by Gasteiger charge is -2.37. The third-order valence-corrected chi connectivity index (χ3v) is 4.21. The molecule has 1 aromatic rings. The van der Waals surface area contributed by atoms with Crippen LogP contribution in [-0.2, 0) is 11.2 Å². The molecule has 2 aliphatic rings. The second-order valence-corrected chi connectivity index (χ2v) is 5.44. The van der Waals surface area contributed by atoms with Crippen molar-refractivity contribution in [2.24, 2.45) is 0 Å². The van der Waals surface area contributed by atoms with Gasteiger partial charge in [-0.2, -0.15) is 0 Å². The monoisotopic (exact) mass is 259 g/mol. The average molecular weight is 259 g/mol. The summed E-state index contributed by atoms with van der Waals surface area (Å²) in [6.07, 6.45) is 5.23. The summed E-state index contributed by atoms with van der Waals surface area (Å²) in [5, 5.41) is 3.03. The molecule has 2 aliphatic heterocycles. The van der Waals surface area contributed by atoms with Crippen LogP contribution in [0.4, 0.5) is 11.4 Å². The Kier molecular flexibility index (Phi) is 3.32. The molecule has 0 aromatic heterocycles. The molecular weight excluding hydrogens is 238 g/mol. The van der Waals surface area contributed by atoms with Crippen LogP contribution in [0.1, 0.15) is 31.2 Å². The summed E-state index contributed by atoms with van der Waals surface area (Å²) in [6.45, 7) is 1.77. The fourth-order valence-electron chi connectivity index (χ4n) is 3.22. The Bertz CT molecular complexity index is 486. The second-order valence-electron chi connectivity index (χ2n) is 5.44. The average Bonchev–Trinajstić information content (AvgIpc) is 2.63. The van der Waals surface area contributed by atoms with Gasteiger partial charge in [-0.25, -0.2) is 0 Å². The number of nitrogens with one attached hydrogen (secondary N) is 1. The van der Waals surface area contributed by atoms with Gasteiger partial charge in [-0.3, -0.25) is 4.79 Å². The first-order valence-electron chi connectivity index (χ1n) is 7.19. The van der Waals surface area contributed by atoms with E-state index in [1.165, 1.54) is 5.56 Å². The highest BCUT2D eigenvalue weighted by Crippen LogP contribution is 2.33. The highest BCUT2D eigenvalue weighted by molar-refractivity contribution is 5.86. The molecule has 0 aliphatic carbocycles. The van der Waals surface area contributed by atoms with Crippen LogP contribution in [0.3, 0.4) is 0 Å². The summed E-state index contributed by atoms with van der Waals surface area (Å²) >= 11 is 0. The van der Waals surface area contributed by atoms with Gasteiger partial charge in [0.25, 0.3) is 0 Å². The van der Waals surface area contributed by atoms with Crippen molar-refractivity contribution in [2.75, 3.05) is 23.7 Å². The molecule has 0 spiro atoms. The van der Waals surface area contributed by atoms with E-state index < -0.39 is 0 Å². The normalized spacial score (nSPS) is 23.5. The molecule has 3 rings (SSSR count). The number of benzene rings is 1. The minimum atomic E-state index is -0.0247. The minimum absolute atomic E-state index is 0.0247. The fraction of sp³-hybridized carbons (Fsp3) is 0.533. The number of amides is 1. The van der Waals surface area contributed by atoms with E-state index in [0.717, 1.165) is 56.6 Å². The molecule has 19 heavy (non-hydrogen) atoms. The first-order valence-corrected chi connectivity index (χ1v) is 7.19. The standard InChI is InChI=1S/C15H21N3O/c16-12-6-3-8-13-11(12)5-4-10-18(13)14-7-1-2-9-17-15(14)19/h3,6,8,14H,1-2,4-5,7,9-10,16H2,(H,17,19). The van der Waals surface area contributed by atoms with Crippen molar-refractivity contribution in [1.29, 1.82) is 0 Å². The number of nitrogen functional groups attached to an aromatic ring is 1. The van der Waals surface area contributed by atoms with Crippen molar-refractivity contribution < 1.29 is 4.79 Å². The van der Waals surface area contributed by atoms with Gasteiger partial charge < -0.3 is 16.0 Å². The number of carbonyl (C=O) groups excluding carboxylic acids is 1. The molecule has 1 atom stereocenters. The maximum atomic E-state index is 12.2. The molecular formula is C15H21N3O. The van der Waals surface area contributed by atoms with E-state index in [1.807, 2.05) is 12.1 Å². The molecule has 2 heterocycles. The molecule has 0 saturated carbocycles. The third kappa shape index (κ3) is 2.27. The van der Waals surface area contributed by atoms with Gasteiger partial charge in [0.15, 0.2) is 0 Å². The van der Waals surface area contributed by atoms with Crippen molar-refractivity contribution >= 4 is 17.3 Å². The number of rotatable bonds is 1. The smallest absolute Gasteiger partial charge is 0.242 e. The summed E-state index contributed by atoms with van der Waals surface area (Å²) in [4.78, 5) is 14.5. The highest BCUT2D eigenvalue weighted by Gasteiger charge is 2.30. The molecule has 0 bridgehead atoms. The van der Waals surface area contributed by atoms with Gasteiger partial charge in [0.2, 0.25) is 5.91 Å². The SMILES string of the molecule is Nc1cccc2c1CCCN2C1CCCCNC1=O. The molecule has 4 heteroatoms. The topological polar surface area (TPSA) is 58.4 Å². The second kappa shape index (κ2) is 5.11. The van der Waals surface area contributed by atoms with E-state index in [4.69, 9.17) is 5.73 Å². The zero-order valence-electron chi connectivity index (χ0n) is 11.2. The predicted octanol–water partition coefficient (Wildman–Crippen LogP) is 1.69. The van der Waals surface area contributed by atoms with Gasteiger partial charge in [-0.05, 0) is 49.8 Å². The maximum absolute atomic E-state index is 12.2. The Morgan fingerprint density at radius 1 is 1.26 bits per heavy atom. The summed E-state index contributed by atoms with van der Waals surface area (Å²) < 4.78 is 0. The molecule has 102 valence electrons. The minimum Gasteiger partial charge on any atom is -0.398 e. The lowest BCUT2D eigenvalue weighted by Crippen LogP contribution is -2.48. The van der Waals surface area contributed by atoms with Crippen molar-refractivity contribution in [2.45, 2.75) is 38.1 Å². The van der Waals surface area contributed by atoms with E-state index in [2.05, 4.69) is 16.3 Å². The largest absolute Gasteiger partial charge is 0.398 e. The molecule has 1 amide bonds. The van der Waals surface area contributed by atoms with Crippen molar-refractivity contribution in [3.63, 3.8) is 0 Å². The highest BCUT2D eigenvalue weighted by atomic mass is 16.2. The number of carbonyl (C=O) groups is 1. The summed E-state index contributed by atoms with van der Waals surface area (Å²) in [5.74, 6) is 0.174. The Hall–Kier alpha value is -1.71. The van der Waals surface area contributed by atoms with Crippen LogP contribution in [0.5, 0.6) is 0 Å². The molecule has 4 nitrogen and oxygen atoms in total. The van der Waals surface area contributed by atoms with E-state index in [1.54, 1.807) is 0 Å². The first kappa shape index (κ1) is 12.3. The van der Waals surface area contributed by atoms with Crippen LogP contribution in [0, 0.1) is 0 Å². The van der Waals surface area contributed by atoms with E-state index in [0.29, 0.717) is 0 Å². The Morgan fingerprint density at radius 3 is 3.05 bits per heavy atom. The van der Waals surface area contributed by atoms with Gasteiger partial charge in [0.05, 0.1) is 0 Å². The third-order valence-electron chi connectivity index (χ3n) is 4.21. The van der Waals surface area contributed by atoms with Crippen LogP contribution >= 0.6 is 0 Å². The van der Waals surface area contributed by atoms with Crippen molar-refractivity contribution in [1.82, 2.24) is 5.32 Å². The number of anilines is 2. The van der Waals surface area contributed by atoms with Crippen LogP contribution in [0.15, 0.2) is 18.2 Å². The first-order chi connectivity index (χ1) is 9.27. The number of hydrogen-bond donors (Lipinski definition) is 2. The van der Waals surface area contributed by atoms with Gasteiger partial charge >= 0.3 is 0 Å². The molecule has 1 unspecified atom stereocenters. The van der Waals surface area contributed by atoms with Crippen LogP contribution in [0.25, 0.3) is 0 Å². The van der Waals surface area contributed by atoms with E-state index in [-0.39, 0.29) is 11.9 Å².